The lowest BCUT2D eigenvalue weighted by atomic mass is 10.2. The fourth-order valence-electron chi connectivity index (χ4n) is 0.971. The van der Waals surface area contributed by atoms with Gasteiger partial charge in [0.1, 0.15) is 6.73 Å². The number of hydrogen-bond donors (Lipinski definition) is 1. The summed E-state index contributed by atoms with van der Waals surface area (Å²) in [7, 11) is 0. The Morgan fingerprint density at radius 3 is 2.64 bits per heavy atom. The lowest BCUT2D eigenvalue weighted by Crippen LogP contribution is -2.26. The third-order valence-electron chi connectivity index (χ3n) is 1.86. The van der Waals surface area contributed by atoms with E-state index in [1.54, 1.807) is 6.92 Å². The minimum absolute atomic E-state index is 0.140. The summed E-state index contributed by atoms with van der Waals surface area (Å²) in [5.74, 6) is -0.140. The Labute approximate surface area is 86.5 Å². The highest BCUT2D eigenvalue weighted by Crippen LogP contribution is 1.98. The van der Waals surface area contributed by atoms with E-state index in [4.69, 9.17) is 4.74 Å². The van der Waals surface area contributed by atoms with Gasteiger partial charge in [-0.25, -0.2) is 0 Å². The van der Waals surface area contributed by atoms with Crippen LogP contribution in [0.15, 0.2) is 12.2 Å². The van der Waals surface area contributed by atoms with E-state index in [1.807, 2.05) is 0 Å². The monoisotopic (exact) mass is 199 g/mol. The maximum absolute atomic E-state index is 11.0. The first-order valence-corrected chi connectivity index (χ1v) is 5.20. The molecule has 0 radical (unpaired) electrons. The Morgan fingerprint density at radius 2 is 2.07 bits per heavy atom. The van der Waals surface area contributed by atoms with Gasteiger partial charge in [0, 0.05) is 12.2 Å². The van der Waals surface area contributed by atoms with Gasteiger partial charge in [0.25, 0.3) is 0 Å². The number of rotatable bonds is 8. The van der Waals surface area contributed by atoms with Crippen molar-refractivity contribution in [1.82, 2.24) is 5.32 Å². The summed E-state index contributed by atoms with van der Waals surface area (Å²) < 4.78 is 5.23. The molecule has 0 aromatic carbocycles. The molecule has 0 atom stereocenters. The van der Waals surface area contributed by atoms with Crippen LogP contribution >= 0.6 is 0 Å². The molecule has 82 valence electrons. The lowest BCUT2D eigenvalue weighted by molar-refractivity contribution is -0.119. The van der Waals surface area contributed by atoms with Gasteiger partial charge < -0.3 is 10.1 Å². The van der Waals surface area contributed by atoms with Crippen LogP contribution in [-0.4, -0.2) is 19.2 Å². The third-order valence-corrected chi connectivity index (χ3v) is 1.86. The van der Waals surface area contributed by atoms with Crippen LogP contribution < -0.4 is 5.32 Å². The molecule has 0 aliphatic rings. The second kappa shape index (κ2) is 8.75. The molecule has 0 unspecified atom stereocenters. The number of carbonyl (C=O) groups excluding carboxylic acids is 1. The fourth-order valence-corrected chi connectivity index (χ4v) is 0.971. The number of amides is 1. The predicted octanol–water partition coefficient (Wildman–Crippen LogP) is 2.23. The van der Waals surface area contributed by atoms with Crippen LogP contribution in [0.1, 0.15) is 39.5 Å². The zero-order valence-electron chi connectivity index (χ0n) is 9.27. The number of carbonyl (C=O) groups is 1. The van der Waals surface area contributed by atoms with Gasteiger partial charge >= 0.3 is 0 Å². The Hall–Kier alpha value is -0.830. The maximum Gasteiger partial charge on any atom is 0.248 e. The van der Waals surface area contributed by atoms with Crippen molar-refractivity contribution in [2.45, 2.75) is 39.5 Å². The first-order chi connectivity index (χ1) is 6.68. The average Bonchev–Trinajstić information content (AvgIpc) is 2.16. The molecule has 0 bridgehead atoms. The molecule has 1 N–H and O–H groups in total. The SMILES string of the molecule is C=C(C)C(=O)NCOCCCCCC. The van der Waals surface area contributed by atoms with Gasteiger partial charge in [-0.2, -0.15) is 0 Å². The minimum Gasteiger partial charge on any atom is -0.361 e. The molecule has 0 aromatic heterocycles. The Kier molecular flexibility index (Phi) is 8.24. The quantitative estimate of drug-likeness (QED) is 0.370. The van der Waals surface area contributed by atoms with E-state index >= 15 is 0 Å². The van der Waals surface area contributed by atoms with Gasteiger partial charge in [0.15, 0.2) is 0 Å². The van der Waals surface area contributed by atoms with Crippen LogP contribution in [0.4, 0.5) is 0 Å². The molecule has 1 amide bonds. The van der Waals surface area contributed by atoms with Crippen molar-refractivity contribution in [2.75, 3.05) is 13.3 Å². The molecular formula is C11H21NO2. The molecule has 0 fully saturated rings. The van der Waals surface area contributed by atoms with Crippen LogP contribution in [0.25, 0.3) is 0 Å². The molecule has 0 spiro atoms. The molecule has 3 heteroatoms. The molecule has 3 nitrogen and oxygen atoms in total. The van der Waals surface area contributed by atoms with E-state index in [1.165, 1.54) is 19.3 Å². The highest BCUT2D eigenvalue weighted by atomic mass is 16.5. The third kappa shape index (κ3) is 7.80. The number of unbranched alkanes of at least 4 members (excludes halogenated alkanes) is 3. The van der Waals surface area contributed by atoms with Crippen LogP contribution in [0, 0.1) is 0 Å². The van der Waals surface area contributed by atoms with Crippen molar-refractivity contribution in [3.63, 3.8) is 0 Å². The summed E-state index contributed by atoms with van der Waals surface area (Å²) in [6, 6.07) is 0. The van der Waals surface area contributed by atoms with E-state index in [0.717, 1.165) is 13.0 Å². The molecule has 0 rings (SSSR count). The smallest absolute Gasteiger partial charge is 0.248 e. The van der Waals surface area contributed by atoms with Crippen LogP contribution in [0.2, 0.25) is 0 Å². The van der Waals surface area contributed by atoms with Gasteiger partial charge in [0.05, 0.1) is 0 Å². The van der Waals surface area contributed by atoms with Crippen molar-refractivity contribution >= 4 is 5.91 Å². The van der Waals surface area contributed by atoms with Crippen molar-refractivity contribution < 1.29 is 9.53 Å². The lowest BCUT2D eigenvalue weighted by Gasteiger charge is -2.05. The Morgan fingerprint density at radius 1 is 1.36 bits per heavy atom. The highest BCUT2D eigenvalue weighted by Gasteiger charge is 1.98. The van der Waals surface area contributed by atoms with Crippen LogP contribution in [-0.2, 0) is 9.53 Å². The Balaban J connectivity index is 3.13. The second-order valence-electron chi connectivity index (χ2n) is 3.40. The topological polar surface area (TPSA) is 38.3 Å². The first-order valence-electron chi connectivity index (χ1n) is 5.20. The van der Waals surface area contributed by atoms with E-state index in [-0.39, 0.29) is 12.6 Å². The second-order valence-corrected chi connectivity index (χ2v) is 3.40. The van der Waals surface area contributed by atoms with Crippen molar-refractivity contribution in [3.8, 4) is 0 Å². The normalized spacial score (nSPS) is 9.86. The van der Waals surface area contributed by atoms with Gasteiger partial charge in [-0.1, -0.05) is 32.8 Å². The molecule has 0 aromatic rings. The minimum atomic E-state index is -0.140. The highest BCUT2D eigenvalue weighted by molar-refractivity contribution is 5.91. The largest absolute Gasteiger partial charge is 0.361 e. The van der Waals surface area contributed by atoms with Gasteiger partial charge in [-0.05, 0) is 13.3 Å². The summed E-state index contributed by atoms with van der Waals surface area (Å²) in [5, 5.41) is 2.61. The summed E-state index contributed by atoms with van der Waals surface area (Å²) in [4.78, 5) is 11.0. The molecular weight excluding hydrogens is 178 g/mol. The fraction of sp³-hybridized carbons (Fsp3) is 0.727. The zero-order valence-corrected chi connectivity index (χ0v) is 9.27. The maximum atomic E-state index is 11.0. The molecule has 14 heavy (non-hydrogen) atoms. The number of nitrogens with one attached hydrogen (secondary N) is 1. The summed E-state index contributed by atoms with van der Waals surface area (Å²) >= 11 is 0. The molecule has 0 heterocycles. The van der Waals surface area contributed by atoms with Crippen molar-refractivity contribution in [3.05, 3.63) is 12.2 Å². The summed E-state index contributed by atoms with van der Waals surface area (Å²) in [6.45, 7) is 8.39. The van der Waals surface area contributed by atoms with Crippen LogP contribution in [0.3, 0.4) is 0 Å². The predicted molar refractivity (Wildman–Crippen MR) is 57.9 cm³/mol. The molecule has 0 aliphatic heterocycles. The number of hydrogen-bond acceptors (Lipinski definition) is 2. The first kappa shape index (κ1) is 13.2. The number of ether oxygens (including phenoxy) is 1. The van der Waals surface area contributed by atoms with E-state index in [9.17, 15) is 4.79 Å². The van der Waals surface area contributed by atoms with E-state index < -0.39 is 0 Å². The van der Waals surface area contributed by atoms with E-state index in [0.29, 0.717) is 5.57 Å². The molecule has 0 aliphatic carbocycles. The molecule has 0 saturated carbocycles. The summed E-state index contributed by atoms with van der Waals surface area (Å²) in [6.07, 6.45) is 4.75. The summed E-state index contributed by atoms with van der Waals surface area (Å²) in [5.41, 5.74) is 0.514. The Bertz CT molecular complexity index is 178. The average molecular weight is 199 g/mol. The van der Waals surface area contributed by atoms with Gasteiger partial charge in [-0.3, -0.25) is 4.79 Å². The van der Waals surface area contributed by atoms with Gasteiger partial charge in [-0.15, -0.1) is 0 Å². The van der Waals surface area contributed by atoms with Crippen molar-refractivity contribution in [2.24, 2.45) is 0 Å². The van der Waals surface area contributed by atoms with Gasteiger partial charge in [0.2, 0.25) is 5.91 Å². The van der Waals surface area contributed by atoms with Crippen LogP contribution in [0.5, 0.6) is 0 Å². The van der Waals surface area contributed by atoms with Crippen molar-refractivity contribution in [1.29, 1.82) is 0 Å². The standard InChI is InChI=1S/C11H21NO2/c1-4-5-6-7-8-14-9-12-11(13)10(2)3/h2,4-9H2,1,3H3,(H,12,13). The van der Waals surface area contributed by atoms with E-state index in [2.05, 4.69) is 18.8 Å². The molecule has 0 saturated heterocycles. The zero-order chi connectivity index (χ0) is 10.8.